The lowest BCUT2D eigenvalue weighted by atomic mass is 10.0. The summed E-state index contributed by atoms with van der Waals surface area (Å²) in [5.74, 6) is 0.240. The molecule has 1 saturated heterocycles. The SMILES string of the molecule is CC(C)C1CCCN1c1ccc(C#N)cc1F. The first kappa shape index (κ1) is 11.9. The molecule has 17 heavy (non-hydrogen) atoms. The van der Waals surface area contributed by atoms with Crippen LogP contribution in [0.15, 0.2) is 18.2 Å². The predicted octanol–water partition coefficient (Wildman–Crippen LogP) is 3.32. The normalized spacial score (nSPS) is 19.7. The third kappa shape index (κ3) is 2.26. The molecule has 1 atom stereocenters. The lowest BCUT2D eigenvalue weighted by molar-refractivity contribution is 0.486. The van der Waals surface area contributed by atoms with Gasteiger partial charge in [-0.05, 0) is 37.0 Å². The fourth-order valence-electron chi connectivity index (χ4n) is 2.59. The van der Waals surface area contributed by atoms with Crippen molar-refractivity contribution in [3.8, 4) is 6.07 Å². The summed E-state index contributed by atoms with van der Waals surface area (Å²) < 4.78 is 13.9. The number of halogens is 1. The number of nitriles is 1. The topological polar surface area (TPSA) is 27.0 Å². The van der Waals surface area contributed by atoms with Crippen LogP contribution in [0.3, 0.4) is 0 Å². The molecule has 0 amide bonds. The molecule has 0 spiro atoms. The summed E-state index contributed by atoms with van der Waals surface area (Å²) in [7, 11) is 0. The number of benzene rings is 1. The molecule has 0 bridgehead atoms. The van der Waals surface area contributed by atoms with Crippen molar-refractivity contribution in [2.45, 2.75) is 32.7 Å². The fraction of sp³-hybridized carbons (Fsp3) is 0.500. The molecule has 1 heterocycles. The van der Waals surface area contributed by atoms with Crippen LogP contribution in [0.5, 0.6) is 0 Å². The van der Waals surface area contributed by atoms with Gasteiger partial charge in [-0.2, -0.15) is 5.26 Å². The van der Waals surface area contributed by atoms with Crippen molar-refractivity contribution in [2.75, 3.05) is 11.4 Å². The van der Waals surface area contributed by atoms with Crippen LogP contribution in [0.4, 0.5) is 10.1 Å². The zero-order valence-corrected chi connectivity index (χ0v) is 10.3. The number of rotatable bonds is 2. The molecule has 1 aromatic carbocycles. The van der Waals surface area contributed by atoms with Crippen LogP contribution < -0.4 is 4.90 Å². The summed E-state index contributed by atoms with van der Waals surface area (Å²) in [6.07, 6.45) is 2.24. The average molecular weight is 232 g/mol. The predicted molar refractivity (Wildman–Crippen MR) is 66.3 cm³/mol. The summed E-state index contributed by atoms with van der Waals surface area (Å²) >= 11 is 0. The van der Waals surface area contributed by atoms with Gasteiger partial charge in [0, 0.05) is 12.6 Å². The highest BCUT2D eigenvalue weighted by Crippen LogP contribution is 2.31. The second kappa shape index (κ2) is 4.75. The van der Waals surface area contributed by atoms with Crippen molar-refractivity contribution in [1.29, 1.82) is 5.26 Å². The number of hydrogen-bond donors (Lipinski definition) is 0. The molecule has 1 unspecified atom stereocenters. The minimum atomic E-state index is -0.281. The van der Waals surface area contributed by atoms with Gasteiger partial charge in [0.2, 0.25) is 0 Å². The highest BCUT2D eigenvalue weighted by Gasteiger charge is 2.28. The zero-order valence-electron chi connectivity index (χ0n) is 10.3. The Morgan fingerprint density at radius 3 is 2.82 bits per heavy atom. The van der Waals surface area contributed by atoms with Gasteiger partial charge in [-0.15, -0.1) is 0 Å². The van der Waals surface area contributed by atoms with Gasteiger partial charge >= 0.3 is 0 Å². The van der Waals surface area contributed by atoms with E-state index in [4.69, 9.17) is 5.26 Å². The van der Waals surface area contributed by atoms with Crippen LogP contribution in [0.25, 0.3) is 0 Å². The molecular formula is C14H17FN2. The summed E-state index contributed by atoms with van der Waals surface area (Å²) in [5, 5.41) is 8.73. The van der Waals surface area contributed by atoms with E-state index in [0.29, 0.717) is 23.2 Å². The molecule has 1 aliphatic heterocycles. The lowest BCUT2D eigenvalue weighted by Crippen LogP contribution is -2.33. The molecule has 0 aromatic heterocycles. The third-order valence-corrected chi connectivity index (χ3v) is 3.45. The average Bonchev–Trinajstić information content (AvgIpc) is 2.77. The van der Waals surface area contributed by atoms with Crippen molar-refractivity contribution in [3.05, 3.63) is 29.6 Å². The van der Waals surface area contributed by atoms with Gasteiger partial charge in [-0.1, -0.05) is 13.8 Å². The second-order valence-corrected chi connectivity index (χ2v) is 4.92. The minimum Gasteiger partial charge on any atom is -0.366 e. The van der Waals surface area contributed by atoms with Gasteiger partial charge in [0.1, 0.15) is 5.82 Å². The van der Waals surface area contributed by atoms with Crippen molar-refractivity contribution >= 4 is 5.69 Å². The summed E-state index contributed by atoms with van der Waals surface area (Å²) in [4.78, 5) is 2.14. The van der Waals surface area contributed by atoms with E-state index in [1.807, 2.05) is 6.07 Å². The molecule has 0 aliphatic carbocycles. The summed E-state index contributed by atoms with van der Waals surface area (Å²) in [6.45, 7) is 5.25. The molecule has 0 radical (unpaired) electrons. The maximum Gasteiger partial charge on any atom is 0.147 e. The molecule has 1 aliphatic rings. The van der Waals surface area contributed by atoms with Crippen molar-refractivity contribution in [2.24, 2.45) is 5.92 Å². The largest absolute Gasteiger partial charge is 0.366 e. The monoisotopic (exact) mass is 232 g/mol. The van der Waals surface area contributed by atoms with Gasteiger partial charge in [0.05, 0.1) is 17.3 Å². The number of nitrogens with zero attached hydrogens (tertiary/aromatic N) is 2. The van der Waals surface area contributed by atoms with E-state index in [9.17, 15) is 4.39 Å². The fourth-order valence-corrected chi connectivity index (χ4v) is 2.59. The molecule has 0 saturated carbocycles. The van der Waals surface area contributed by atoms with Crippen LogP contribution in [0.1, 0.15) is 32.3 Å². The molecule has 90 valence electrons. The van der Waals surface area contributed by atoms with Crippen molar-refractivity contribution in [3.63, 3.8) is 0 Å². The van der Waals surface area contributed by atoms with Gasteiger partial charge in [-0.25, -0.2) is 4.39 Å². The van der Waals surface area contributed by atoms with Crippen LogP contribution in [-0.4, -0.2) is 12.6 Å². The van der Waals surface area contributed by atoms with Crippen molar-refractivity contribution < 1.29 is 4.39 Å². The Hall–Kier alpha value is -1.56. The molecule has 1 aromatic rings. The Kier molecular flexibility index (Phi) is 3.33. The zero-order chi connectivity index (χ0) is 12.4. The lowest BCUT2D eigenvalue weighted by Gasteiger charge is -2.30. The van der Waals surface area contributed by atoms with E-state index in [0.717, 1.165) is 19.4 Å². The van der Waals surface area contributed by atoms with Crippen LogP contribution in [0.2, 0.25) is 0 Å². The second-order valence-electron chi connectivity index (χ2n) is 4.92. The smallest absolute Gasteiger partial charge is 0.147 e. The van der Waals surface area contributed by atoms with E-state index in [1.54, 1.807) is 12.1 Å². The van der Waals surface area contributed by atoms with Crippen LogP contribution in [-0.2, 0) is 0 Å². The minimum absolute atomic E-state index is 0.281. The van der Waals surface area contributed by atoms with Crippen LogP contribution >= 0.6 is 0 Å². The molecule has 2 rings (SSSR count). The van der Waals surface area contributed by atoms with Crippen LogP contribution in [0, 0.1) is 23.1 Å². The Morgan fingerprint density at radius 2 is 2.24 bits per heavy atom. The summed E-state index contributed by atoms with van der Waals surface area (Å²) in [5.41, 5.74) is 1.02. The first-order valence-electron chi connectivity index (χ1n) is 6.09. The standard InChI is InChI=1S/C14H17FN2/c1-10(2)13-4-3-7-17(13)14-6-5-11(9-16)8-12(14)15/h5-6,8,10,13H,3-4,7H2,1-2H3. The number of hydrogen-bond acceptors (Lipinski definition) is 2. The van der Waals surface area contributed by atoms with E-state index < -0.39 is 0 Å². The van der Waals surface area contributed by atoms with Gasteiger partial charge in [0.15, 0.2) is 0 Å². The maximum absolute atomic E-state index is 13.9. The Balaban J connectivity index is 2.31. The molecule has 0 N–H and O–H groups in total. The first-order chi connectivity index (χ1) is 8.13. The quantitative estimate of drug-likeness (QED) is 0.782. The Morgan fingerprint density at radius 1 is 1.47 bits per heavy atom. The Bertz CT molecular complexity index is 448. The molecule has 3 heteroatoms. The number of anilines is 1. The first-order valence-corrected chi connectivity index (χ1v) is 6.09. The highest BCUT2D eigenvalue weighted by molar-refractivity contribution is 5.52. The van der Waals surface area contributed by atoms with Gasteiger partial charge in [0.25, 0.3) is 0 Å². The van der Waals surface area contributed by atoms with Gasteiger partial charge in [-0.3, -0.25) is 0 Å². The Labute approximate surface area is 102 Å². The highest BCUT2D eigenvalue weighted by atomic mass is 19.1. The van der Waals surface area contributed by atoms with Crippen molar-refractivity contribution in [1.82, 2.24) is 0 Å². The molecule has 2 nitrogen and oxygen atoms in total. The van der Waals surface area contributed by atoms with Gasteiger partial charge < -0.3 is 4.90 Å². The summed E-state index contributed by atoms with van der Waals surface area (Å²) in [6, 6.07) is 7.12. The molecular weight excluding hydrogens is 215 g/mol. The third-order valence-electron chi connectivity index (χ3n) is 3.45. The van der Waals surface area contributed by atoms with E-state index >= 15 is 0 Å². The van der Waals surface area contributed by atoms with E-state index in [-0.39, 0.29) is 5.82 Å². The molecule has 1 fully saturated rings. The van der Waals surface area contributed by atoms with E-state index in [1.165, 1.54) is 6.07 Å². The van der Waals surface area contributed by atoms with E-state index in [2.05, 4.69) is 18.7 Å². The maximum atomic E-state index is 13.9.